The van der Waals surface area contributed by atoms with Gasteiger partial charge in [-0.2, -0.15) is 0 Å². The molecule has 3 heteroatoms. The number of aliphatic hydroxyl groups excluding tert-OH is 1. The molecule has 0 heterocycles. The summed E-state index contributed by atoms with van der Waals surface area (Å²) in [5.41, 5.74) is 0. The van der Waals surface area contributed by atoms with E-state index in [0.717, 1.165) is 25.9 Å². The molecule has 0 aromatic heterocycles. The van der Waals surface area contributed by atoms with Crippen molar-refractivity contribution < 1.29 is 5.11 Å². The lowest BCUT2D eigenvalue weighted by Crippen LogP contribution is -2.42. The average Bonchev–Trinajstić information content (AvgIpc) is 2.09. The number of hydrogen-bond acceptors (Lipinski definition) is 3. The van der Waals surface area contributed by atoms with E-state index in [2.05, 4.69) is 38.2 Å². The highest BCUT2D eigenvalue weighted by Gasteiger charge is 2.12. The molecule has 0 radical (unpaired) electrons. The molecule has 0 aromatic carbocycles. The van der Waals surface area contributed by atoms with Crippen molar-refractivity contribution in [2.24, 2.45) is 5.92 Å². The lowest BCUT2D eigenvalue weighted by molar-refractivity contribution is 0.269. The van der Waals surface area contributed by atoms with Crippen LogP contribution in [-0.2, 0) is 0 Å². The van der Waals surface area contributed by atoms with Crippen LogP contribution in [0.4, 0.5) is 0 Å². The van der Waals surface area contributed by atoms with E-state index in [-0.39, 0.29) is 0 Å². The van der Waals surface area contributed by atoms with E-state index in [0.29, 0.717) is 18.6 Å². The Bertz CT molecular complexity index is 126. The van der Waals surface area contributed by atoms with E-state index in [9.17, 15) is 0 Å². The zero-order chi connectivity index (χ0) is 11.0. The Morgan fingerprint density at radius 3 is 2.29 bits per heavy atom. The van der Waals surface area contributed by atoms with Gasteiger partial charge in [0.05, 0.1) is 0 Å². The molecule has 0 saturated carbocycles. The Hall–Kier alpha value is -0.120. The van der Waals surface area contributed by atoms with E-state index < -0.39 is 0 Å². The number of aliphatic hydroxyl groups is 1. The number of rotatable bonds is 8. The van der Waals surface area contributed by atoms with E-state index >= 15 is 0 Å². The number of nitrogens with one attached hydrogen (secondary N) is 1. The summed E-state index contributed by atoms with van der Waals surface area (Å²) in [5.74, 6) is 0.659. The average molecular weight is 202 g/mol. The molecule has 14 heavy (non-hydrogen) atoms. The third-order valence-corrected chi connectivity index (χ3v) is 2.36. The molecule has 0 rings (SSSR count). The summed E-state index contributed by atoms with van der Waals surface area (Å²) < 4.78 is 0. The molecule has 0 aliphatic heterocycles. The van der Waals surface area contributed by atoms with Gasteiger partial charge in [-0.05, 0) is 39.4 Å². The summed E-state index contributed by atoms with van der Waals surface area (Å²) in [4.78, 5) is 2.21. The van der Waals surface area contributed by atoms with Crippen LogP contribution in [0.3, 0.4) is 0 Å². The molecule has 0 aromatic rings. The summed E-state index contributed by atoms with van der Waals surface area (Å²) in [6, 6.07) is 0.559. The van der Waals surface area contributed by atoms with Crippen molar-refractivity contribution in [3.63, 3.8) is 0 Å². The third-order valence-electron chi connectivity index (χ3n) is 2.36. The predicted octanol–water partition coefficient (Wildman–Crippen LogP) is 0.935. The van der Waals surface area contributed by atoms with Crippen molar-refractivity contribution in [2.75, 3.05) is 33.8 Å². The predicted molar refractivity (Wildman–Crippen MR) is 61.5 cm³/mol. The normalized spacial score (nSPS) is 13.9. The van der Waals surface area contributed by atoms with Crippen molar-refractivity contribution in [1.82, 2.24) is 10.2 Å². The first-order valence-electron chi connectivity index (χ1n) is 5.57. The van der Waals surface area contributed by atoms with Gasteiger partial charge in [-0.15, -0.1) is 0 Å². The summed E-state index contributed by atoms with van der Waals surface area (Å²) >= 11 is 0. The van der Waals surface area contributed by atoms with Gasteiger partial charge in [0.25, 0.3) is 0 Å². The lowest BCUT2D eigenvalue weighted by atomic mass is 10.0. The van der Waals surface area contributed by atoms with Gasteiger partial charge < -0.3 is 15.3 Å². The van der Waals surface area contributed by atoms with Crippen molar-refractivity contribution in [1.29, 1.82) is 0 Å². The Morgan fingerprint density at radius 2 is 1.86 bits per heavy atom. The van der Waals surface area contributed by atoms with Gasteiger partial charge in [-0.25, -0.2) is 0 Å². The number of unbranched alkanes of at least 4 members (excludes halogenated alkanes) is 1. The SMILES string of the molecule is CC(C)C(CN(C)C)NCCCCO. The second-order valence-corrected chi connectivity index (χ2v) is 4.50. The first-order valence-corrected chi connectivity index (χ1v) is 5.57. The number of likely N-dealkylation sites (N-methyl/N-ethyl adjacent to an activating group) is 1. The highest BCUT2D eigenvalue weighted by Crippen LogP contribution is 2.02. The van der Waals surface area contributed by atoms with Gasteiger partial charge in [-0.3, -0.25) is 0 Å². The monoisotopic (exact) mass is 202 g/mol. The van der Waals surface area contributed by atoms with Crippen LogP contribution in [0, 0.1) is 5.92 Å². The van der Waals surface area contributed by atoms with E-state index in [1.165, 1.54) is 0 Å². The van der Waals surface area contributed by atoms with Gasteiger partial charge in [0.2, 0.25) is 0 Å². The summed E-state index contributed by atoms with van der Waals surface area (Å²) in [7, 11) is 4.20. The molecule has 2 N–H and O–H groups in total. The van der Waals surface area contributed by atoms with Crippen LogP contribution in [0.1, 0.15) is 26.7 Å². The minimum atomic E-state index is 0.307. The fourth-order valence-corrected chi connectivity index (χ4v) is 1.43. The molecule has 0 bridgehead atoms. The van der Waals surface area contributed by atoms with Crippen molar-refractivity contribution >= 4 is 0 Å². The summed E-state index contributed by atoms with van der Waals surface area (Å²) in [6.07, 6.45) is 1.97. The molecular formula is C11H26N2O. The van der Waals surface area contributed by atoms with Crippen LogP contribution in [0.15, 0.2) is 0 Å². The Labute approximate surface area is 88.5 Å². The number of hydrogen-bond donors (Lipinski definition) is 2. The summed E-state index contributed by atoms with van der Waals surface area (Å²) in [5, 5.41) is 12.2. The fourth-order valence-electron chi connectivity index (χ4n) is 1.43. The molecule has 0 spiro atoms. The van der Waals surface area contributed by atoms with E-state index in [1.54, 1.807) is 0 Å². The molecule has 0 fully saturated rings. The van der Waals surface area contributed by atoms with Crippen LogP contribution < -0.4 is 5.32 Å². The van der Waals surface area contributed by atoms with Gasteiger partial charge in [0.15, 0.2) is 0 Å². The second kappa shape index (κ2) is 8.21. The van der Waals surface area contributed by atoms with Crippen LogP contribution >= 0.6 is 0 Å². The van der Waals surface area contributed by atoms with Crippen LogP contribution in [0.2, 0.25) is 0 Å². The Balaban J connectivity index is 3.63. The molecule has 86 valence electrons. The molecule has 0 aliphatic carbocycles. The van der Waals surface area contributed by atoms with Crippen molar-refractivity contribution in [2.45, 2.75) is 32.7 Å². The quantitative estimate of drug-likeness (QED) is 0.575. The highest BCUT2D eigenvalue weighted by atomic mass is 16.2. The van der Waals surface area contributed by atoms with E-state index in [1.807, 2.05) is 0 Å². The zero-order valence-corrected chi connectivity index (χ0v) is 10.1. The van der Waals surface area contributed by atoms with Crippen molar-refractivity contribution in [3.05, 3.63) is 0 Å². The van der Waals surface area contributed by atoms with Crippen LogP contribution in [-0.4, -0.2) is 49.8 Å². The van der Waals surface area contributed by atoms with Gasteiger partial charge >= 0.3 is 0 Å². The molecule has 1 unspecified atom stereocenters. The lowest BCUT2D eigenvalue weighted by Gasteiger charge is -2.25. The first-order chi connectivity index (χ1) is 6.57. The van der Waals surface area contributed by atoms with Gasteiger partial charge in [0.1, 0.15) is 0 Å². The number of nitrogens with zero attached hydrogens (tertiary/aromatic N) is 1. The fraction of sp³-hybridized carbons (Fsp3) is 1.00. The molecule has 3 nitrogen and oxygen atoms in total. The Kier molecular flexibility index (Phi) is 8.14. The van der Waals surface area contributed by atoms with Gasteiger partial charge in [0, 0.05) is 19.2 Å². The summed E-state index contributed by atoms with van der Waals surface area (Å²) in [6.45, 7) is 6.89. The van der Waals surface area contributed by atoms with Crippen LogP contribution in [0.25, 0.3) is 0 Å². The minimum absolute atomic E-state index is 0.307. The first kappa shape index (κ1) is 13.9. The maximum absolute atomic E-state index is 8.65. The van der Waals surface area contributed by atoms with E-state index in [4.69, 9.17) is 5.11 Å². The zero-order valence-electron chi connectivity index (χ0n) is 10.1. The van der Waals surface area contributed by atoms with Crippen molar-refractivity contribution in [3.8, 4) is 0 Å². The largest absolute Gasteiger partial charge is 0.396 e. The second-order valence-electron chi connectivity index (χ2n) is 4.50. The molecule has 0 saturated heterocycles. The smallest absolute Gasteiger partial charge is 0.0431 e. The minimum Gasteiger partial charge on any atom is -0.396 e. The maximum Gasteiger partial charge on any atom is 0.0431 e. The molecular weight excluding hydrogens is 176 g/mol. The molecule has 1 atom stereocenters. The third kappa shape index (κ3) is 7.30. The topological polar surface area (TPSA) is 35.5 Å². The Morgan fingerprint density at radius 1 is 1.21 bits per heavy atom. The highest BCUT2D eigenvalue weighted by molar-refractivity contribution is 4.72. The standard InChI is InChI=1S/C11H26N2O/c1-10(2)11(9-13(3)4)12-7-5-6-8-14/h10-12,14H,5-9H2,1-4H3. The maximum atomic E-state index is 8.65. The van der Waals surface area contributed by atoms with Gasteiger partial charge in [-0.1, -0.05) is 13.8 Å². The molecule has 0 amide bonds. The molecule has 0 aliphatic rings. The van der Waals surface area contributed by atoms with Crippen LogP contribution in [0.5, 0.6) is 0 Å².